The molecule has 0 radical (unpaired) electrons. The van der Waals surface area contributed by atoms with Crippen LogP contribution in [-0.2, 0) is 6.42 Å². The van der Waals surface area contributed by atoms with Crippen molar-refractivity contribution in [1.29, 1.82) is 0 Å². The summed E-state index contributed by atoms with van der Waals surface area (Å²) in [4.78, 5) is 0. The second kappa shape index (κ2) is 4.64. The second-order valence-corrected chi connectivity index (χ2v) is 4.37. The molecule has 0 aliphatic carbocycles. The Kier molecular flexibility index (Phi) is 3.23. The lowest BCUT2D eigenvalue weighted by molar-refractivity contribution is 0.464. The summed E-state index contributed by atoms with van der Waals surface area (Å²) in [6.45, 7) is 0. The minimum Gasteiger partial charge on any atom is -0.468 e. The van der Waals surface area contributed by atoms with Crippen LogP contribution in [0.5, 0.6) is 0 Å². The van der Waals surface area contributed by atoms with Gasteiger partial charge in [-0.05, 0) is 36.2 Å². The lowest BCUT2D eigenvalue weighted by Gasteiger charge is -2.08. The zero-order valence-electron chi connectivity index (χ0n) is 8.19. The molecule has 15 heavy (non-hydrogen) atoms. The van der Waals surface area contributed by atoms with Crippen molar-refractivity contribution in [3.05, 3.63) is 58.5 Å². The van der Waals surface area contributed by atoms with Gasteiger partial charge in [0.2, 0.25) is 0 Å². The summed E-state index contributed by atoms with van der Waals surface area (Å²) in [5.41, 5.74) is 7.21. The molecule has 78 valence electrons. The Morgan fingerprint density at radius 1 is 1.20 bits per heavy atom. The van der Waals surface area contributed by atoms with E-state index in [1.54, 1.807) is 6.26 Å². The van der Waals surface area contributed by atoms with Crippen LogP contribution in [0.4, 0.5) is 0 Å². The van der Waals surface area contributed by atoms with Gasteiger partial charge in [0.1, 0.15) is 5.76 Å². The number of halogens is 1. The summed E-state index contributed by atoms with van der Waals surface area (Å²) in [7, 11) is 0. The fourth-order valence-corrected chi connectivity index (χ4v) is 1.74. The van der Waals surface area contributed by atoms with Gasteiger partial charge in [0.25, 0.3) is 0 Å². The fourth-order valence-electron chi connectivity index (χ4n) is 1.48. The van der Waals surface area contributed by atoms with Crippen molar-refractivity contribution < 1.29 is 4.42 Å². The van der Waals surface area contributed by atoms with Crippen LogP contribution in [0.15, 0.2) is 51.6 Å². The summed E-state index contributed by atoms with van der Waals surface area (Å²) in [5, 5.41) is 0. The van der Waals surface area contributed by atoms with Crippen LogP contribution in [0.1, 0.15) is 17.4 Å². The number of rotatable bonds is 3. The van der Waals surface area contributed by atoms with Gasteiger partial charge in [-0.1, -0.05) is 28.1 Å². The summed E-state index contributed by atoms with van der Waals surface area (Å²) in [5.74, 6) is 0.831. The van der Waals surface area contributed by atoms with E-state index in [1.165, 1.54) is 5.56 Å². The van der Waals surface area contributed by atoms with E-state index < -0.39 is 0 Å². The average molecular weight is 266 g/mol. The Bertz CT molecular complexity index is 408. The maximum absolute atomic E-state index is 6.00. The van der Waals surface area contributed by atoms with Crippen LogP contribution >= 0.6 is 15.9 Å². The van der Waals surface area contributed by atoms with E-state index in [0.29, 0.717) is 0 Å². The van der Waals surface area contributed by atoms with Crippen molar-refractivity contribution >= 4 is 15.9 Å². The molecule has 0 aliphatic rings. The predicted octanol–water partition coefficient (Wildman–Crippen LogP) is 3.28. The molecule has 3 heteroatoms. The van der Waals surface area contributed by atoms with Crippen molar-refractivity contribution in [3.8, 4) is 0 Å². The highest BCUT2D eigenvalue weighted by Gasteiger charge is 2.09. The van der Waals surface area contributed by atoms with Crippen LogP contribution < -0.4 is 5.73 Å². The topological polar surface area (TPSA) is 39.2 Å². The van der Waals surface area contributed by atoms with Gasteiger partial charge in [-0.3, -0.25) is 0 Å². The Morgan fingerprint density at radius 3 is 2.53 bits per heavy atom. The van der Waals surface area contributed by atoms with Crippen LogP contribution in [0.25, 0.3) is 0 Å². The monoisotopic (exact) mass is 265 g/mol. The number of hydrogen-bond acceptors (Lipinski definition) is 2. The largest absolute Gasteiger partial charge is 0.468 e. The van der Waals surface area contributed by atoms with Crippen LogP contribution in [0.3, 0.4) is 0 Å². The molecule has 1 aromatic carbocycles. The molecule has 0 aliphatic heterocycles. The van der Waals surface area contributed by atoms with Gasteiger partial charge in [-0.15, -0.1) is 0 Å². The Labute approximate surface area is 97.2 Å². The fraction of sp³-hybridized carbons (Fsp3) is 0.167. The quantitative estimate of drug-likeness (QED) is 0.925. The first-order chi connectivity index (χ1) is 7.25. The summed E-state index contributed by atoms with van der Waals surface area (Å²) in [6, 6.07) is 11.9. The first kappa shape index (κ1) is 10.5. The number of nitrogens with two attached hydrogens (primary N) is 1. The molecule has 1 heterocycles. The molecule has 0 amide bonds. The highest BCUT2D eigenvalue weighted by molar-refractivity contribution is 9.10. The Morgan fingerprint density at radius 2 is 1.93 bits per heavy atom. The van der Waals surface area contributed by atoms with Crippen LogP contribution in [-0.4, -0.2) is 0 Å². The number of benzene rings is 1. The molecule has 2 rings (SSSR count). The first-order valence-corrected chi connectivity index (χ1v) is 5.58. The Hall–Kier alpha value is -1.06. The maximum Gasteiger partial charge on any atom is 0.120 e. The third-order valence-electron chi connectivity index (χ3n) is 2.28. The molecule has 0 saturated heterocycles. The third kappa shape index (κ3) is 2.70. The molecule has 1 aromatic heterocycles. The molecule has 2 aromatic rings. The molecule has 2 nitrogen and oxygen atoms in total. The van der Waals surface area contributed by atoms with Crippen molar-refractivity contribution in [2.24, 2.45) is 5.73 Å². The number of hydrogen-bond donors (Lipinski definition) is 1. The van der Waals surface area contributed by atoms with E-state index in [1.807, 2.05) is 24.3 Å². The highest BCUT2D eigenvalue weighted by Crippen LogP contribution is 2.18. The molecule has 0 saturated carbocycles. The molecular weight excluding hydrogens is 254 g/mol. The van der Waals surface area contributed by atoms with Crippen LogP contribution in [0, 0.1) is 0 Å². The SMILES string of the molecule is NC(Cc1ccc(Br)cc1)c1ccco1. The van der Waals surface area contributed by atoms with Gasteiger partial charge in [0.15, 0.2) is 0 Å². The summed E-state index contributed by atoms with van der Waals surface area (Å²) in [6.07, 6.45) is 2.44. The smallest absolute Gasteiger partial charge is 0.120 e. The van der Waals surface area contributed by atoms with E-state index in [9.17, 15) is 0 Å². The van der Waals surface area contributed by atoms with E-state index in [2.05, 4.69) is 28.1 Å². The Balaban J connectivity index is 2.06. The highest BCUT2D eigenvalue weighted by atomic mass is 79.9. The molecule has 2 N–H and O–H groups in total. The molecule has 0 fully saturated rings. The summed E-state index contributed by atoms with van der Waals surface area (Å²) >= 11 is 3.40. The van der Waals surface area contributed by atoms with E-state index in [0.717, 1.165) is 16.7 Å². The van der Waals surface area contributed by atoms with E-state index in [-0.39, 0.29) is 6.04 Å². The molecule has 1 unspecified atom stereocenters. The van der Waals surface area contributed by atoms with Crippen LogP contribution in [0.2, 0.25) is 0 Å². The standard InChI is InChI=1S/C12H12BrNO/c13-10-5-3-9(4-6-10)8-11(14)12-2-1-7-15-12/h1-7,11H,8,14H2. The van der Waals surface area contributed by atoms with Gasteiger partial charge in [-0.2, -0.15) is 0 Å². The van der Waals surface area contributed by atoms with Crippen molar-refractivity contribution in [2.75, 3.05) is 0 Å². The minimum atomic E-state index is -0.0684. The van der Waals surface area contributed by atoms with Gasteiger partial charge in [0.05, 0.1) is 12.3 Å². The zero-order chi connectivity index (χ0) is 10.7. The zero-order valence-corrected chi connectivity index (χ0v) is 9.78. The first-order valence-electron chi connectivity index (χ1n) is 4.79. The van der Waals surface area contributed by atoms with Gasteiger partial charge in [0, 0.05) is 4.47 Å². The molecule has 0 bridgehead atoms. The predicted molar refractivity (Wildman–Crippen MR) is 63.5 cm³/mol. The third-order valence-corrected chi connectivity index (χ3v) is 2.81. The van der Waals surface area contributed by atoms with Crippen molar-refractivity contribution in [2.45, 2.75) is 12.5 Å². The minimum absolute atomic E-state index is 0.0684. The lowest BCUT2D eigenvalue weighted by Crippen LogP contribution is -2.12. The van der Waals surface area contributed by atoms with Gasteiger partial charge in [-0.25, -0.2) is 0 Å². The van der Waals surface area contributed by atoms with Crippen molar-refractivity contribution in [3.63, 3.8) is 0 Å². The lowest BCUT2D eigenvalue weighted by atomic mass is 10.1. The normalized spacial score (nSPS) is 12.7. The summed E-state index contributed by atoms with van der Waals surface area (Å²) < 4.78 is 6.34. The van der Waals surface area contributed by atoms with Gasteiger partial charge < -0.3 is 10.2 Å². The van der Waals surface area contributed by atoms with Gasteiger partial charge >= 0.3 is 0 Å². The second-order valence-electron chi connectivity index (χ2n) is 3.45. The van der Waals surface area contributed by atoms with E-state index in [4.69, 9.17) is 10.2 Å². The van der Waals surface area contributed by atoms with E-state index >= 15 is 0 Å². The average Bonchev–Trinajstić information content (AvgIpc) is 2.74. The molecule has 1 atom stereocenters. The maximum atomic E-state index is 6.00. The van der Waals surface area contributed by atoms with Crippen molar-refractivity contribution in [1.82, 2.24) is 0 Å². The number of furan rings is 1. The molecule has 0 spiro atoms. The molecular formula is C12H12BrNO.